The van der Waals surface area contributed by atoms with E-state index in [1.165, 1.54) is 82.7 Å². The Morgan fingerprint density at radius 3 is 1.40 bits per heavy atom. The van der Waals surface area contributed by atoms with Gasteiger partial charge in [0.2, 0.25) is 0 Å². The van der Waals surface area contributed by atoms with Crippen LogP contribution >= 0.6 is 0 Å². The predicted molar refractivity (Wildman–Crippen MR) is 223 cm³/mol. The van der Waals surface area contributed by atoms with Crippen molar-refractivity contribution in [1.29, 1.82) is 0 Å². The standard InChI is InChI=1S/C52H35N/c1-34-18-25-41(26-19-34)53(42-27-24-39-31-38(22-23-40(39)32-42)37-21-20-35-10-2-3-11-36(35)30-37)43-28-29-47-46-14-6-9-17-50(46)52(51(47)33-43)48-15-7-4-12-44(48)45-13-5-8-16-49(45)52/h2-33H,1H3. The second-order valence-electron chi connectivity index (χ2n) is 14.6. The molecule has 0 amide bonds. The van der Waals surface area contributed by atoms with E-state index in [1.807, 2.05) is 0 Å². The van der Waals surface area contributed by atoms with Gasteiger partial charge >= 0.3 is 0 Å². The molecule has 0 radical (unpaired) electrons. The summed E-state index contributed by atoms with van der Waals surface area (Å²) >= 11 is 0. The van der Waals surface area contributed by atoms with Crippen LogP contribution in [0.15, 0.2) is 194 Å². The largest absolute Gasteiger partial charge is 0.310 e. The number of hydrogen-bond acceptors (Lipinski definition) is 1. The van der Waals surface area contributed by atoms with Crippen molar-refractivity contribution < 1.29 is 0 Å². The molecule has 248 valence electrons. The number of anilines is 3. The third-order valence-electron chi connectivity index (χ3n) is 11.7. The molecule has 0 heterocycles. The summed E-state index contributed by atoms with van der Waals surface area (Å²) < 4.78 is 0. The van der Waals surface area contributed by atoms with Gasteiger partial charge in [0.05, 0.1) is 5.41 Å². The second kappa shape index (κ2) is 11.4. The van der Waals surface area contributed by atoms with Gasteiger partial charge in [-0.2, -0.15) is 0 Å². The van der Waals surface area contributed by atoms with Gasteiger partial charge in [0.25, 0.3) is 0 Å². The van der Waals surface area contributed by atoms with Crippen LogP contribution in [0, 0.1) is 6.92 Å². The lowest BCUT2D eigenvalue weighted by atomic mass is 9.70. The quantitative estimate of drug-likeness (QED) is 0.180. The summed E-state index contributed by atoms with van der Waals surface area (Å²) in [6, 6.07) is 72.3. The van der Waals surface area contributed by atoms with Crippen molar-refractivity contribution in [2.75, 3.05) is 4.90 Å². The Balaban J connectivity index is 1.09. The minimum atomic E-state index is -0.392. The Morgan fingerprint density at radius 1 is 0.321 bits per heavy atom. The van der Waals surface area contributed by atoms with Crippen molar-refractivity contribution in [3.8, 4) is 33.4 Å². The molecular weight excluding hydrogens is 639 g/mol. The first kappa shape index (κ1) is 30.0. The van der Waals surface area contributed by atoms with Crippen molar-refractivity contribution in [1.82, 2.24) is 0 Å². The monoisotopic (exact) mass is 673 g/mol. The number of hydrogen-bond donors (Lipinski definition) is 0. The molecule has 9 aromatic carbocycles. The maximum atomic E-state index is 2.47. The summed E-state index contributed by atoms with van der Waals surface area (Å²) in [6.07, 6.45) is 0. The average molecular weight is 674 g/mol. The third kappa shape index (κ3) is 4.38. The Kier molecular flexibility index (Phi) is 6.45. The summed E-state index contributed by atoms with van der Waals surface area (Å²) in [5.74, 6) is 0. The lowest BCUT2D eigenvalue weighted by Crippen LogP contribution is -2.26. The molecule has 9 aromatic rings. The summed E-state index contributed by atoms with van der Waals surface area (Å²) in [6.45, 7) is 2.16. The summed E-state index contributed by atoms with van der Waals surface area (Å²) in [7, 11) is 0. The van der Waals surface area contributed by atoms with Gasteiger partial charge in [-0.1, -0.05) is 151 Å². The molecule has 0 fully saturated rings. The molecule has 2 aliphatic rings. The van der Waals surface area contributed by atoms with E-state index in [1.54, 1.807) is 0 Å². The summed E-state index contributed by atoms with van der Waals surface area (Å²) in [4.78, 5) is 2.43. The van der Waals surface area contributed by atoms with Gasteiger partial charge in [-0.15, -0.1) is 0 Å². The van der Waals surface area contributed by atoms with Crippen LogP contribution in [0.1, 0.15) is 27.8 Å². The summed E-state index contributed by atoms with van der Waals surface area (Å²) in [5, 5.41) is 4.97. The molecule has 0 bridgehead atoms. The normalized spacial score (nSPS) is 13.2. The molecule has 0 atom stereocenters. The van der Waals surface area contributed by atoms with E-state index in [4.69, 9.17) is 0 Å². The molecule has 53 heavy (non-hydrogen) atoms. The van der Waals surface area contributed by atoms with E-state index in [0.717, 1.165) is 17.1 Å². The van der Waals surface area contributed by atoms with E-state index in [-0.39, 0.29) is 0 Å². The molecule has 0 aromatic heterocycles. The van der Waals surface area contributed by atoms with Crippen molar-refractivity contribution in [3.63, 3.8) is 0 Å². The molecular formula is C52H35N. The van der Waals surface area contributed by atoms with Crippen LogP contribution in [-0.4, -0.2) is 0 Å². The van der Waals surface area contributed by atoms with E-state index in [9.17, 15) is 0 Å². The van der Waals surface area contributed by atoms with Crippen molar-refractivity contribution >= 4 is 38.6 Å². The van der Waals surface area contributed by atoms with Crippen LogP contribution in [-0.2, 0) is 5.41 Å². The molecule has 0 saturated carbocycles. The SMILES string of the molecule is Cc1ccc(N(c2ccc3c(c2)C2(c4ccccc4-c4ccccc42)c2ccccc2-3)c2ccc3cc(-c4ccc5ccccc5c4)ccc3c2)cc1. The van der Waals surface area contributed by atoms with Crippen LogP contribution < -0.4 is 4.90 Å². The van der Waals surface area contributed by atoms with Gasteiger partial charge in [0.15, 0.2) is 0 Å². The zero-order chi connectivity index (χ0) is 35.1. The zero-order valence-corrected chi connectivity index (χ0v) is 29.4. The van der Waals surface area contributed by atoms with Gasteiger partial charge in [-0.25, -0.2) is 0 Å². The fourth-order valence-electron chi connectivity index (χ4n) is 9.28. The van der Waals surface area contributed by atoms with Crippen LogP contribution in [0.2, 0.25) is 0 Å². The zero-order valence-electron chi connectivity index (χ0n) is 29.4. The minimum Gasteiger partial charge on any atom is -0.310 e. The van der Waals surface area contributed by atoms with E-state index < -0.39 is 5.41 Å². The topological polar surface area (TPSA) is 3.24 Å². The molecule has 2 aliphatic carbocycles. The number of nitrogens with zero attached hydrogens (tertiary/aromatic N) is 1. The molecule has 1 nitrogen and oxygen atoms in total. The Labute approximate surface area is 310 Å². The van der Waals surface area contributed by atoms with Crippen LogP contribution in [0.25, 0.3) is 54.9 Å². The Bertz CT molecular complexity index is 2850. The number of aryl methyl sites for hydroxylation is 1. The van der Waals surface area contributed by atoms with Crippen LogP contribution in [0.5, 0.6) is 0 Å². The molecule has 0 saturated heterocycles. The molecule has 1 spiro atoms. The van der Waals surface area contributed by atoms with Gasteiger partial charge in [0, 0.05) is 17.1 Å². The lowest BCUT2D eigenvalue weighted by molar-refractivity contribution is 0.793. The fourth-order valence-corrected chi connectivity index (χ4v) is 9.28. The Hall–Kier alpha value is -6.70. The van der Waals surface area contributed by atoms with Crippen molar-refractivity contribution in [2.45, 2.75) is 12.3 Å². The average Bonchev–Trinajstić information content (AvgIpc) is 3.68. The van der Waals surface area contributed by atoms with Gasteiger partial charge in [-0.05, 0) is 133 Å². The molecule has 0 N–H and O–H groups in total. The molecule has 11 rings (SSSR count). The second-order valence-corrected chi connectivity index (χ2v) is 14.6. The first-order valence-corrected chi connectivity index (χ1v) is 18.5. The lowest BCUT2D eigenvalue weighted by Gasteiger charge is -2.32. The highest BCUT2D eigenvalue weighted by Crippen LogP contribution is 2.63. The van der Waals surface area contributed by atoms with Crippen LogP contribution in [0.4, 0.5) is 17.1 Å². The molecule has 0 aliphatic heterocycles. The fraction of sp³-hybridized carbons (Fsp3) is 0.0385. The number of benzene rings is 9. The first-order valence-electron chi connectivity index (χ1n) is 18.5. The van der Waals surface area contributed by atoms with Crippen molar-refractivity contribution in [3.05, 3.63) is 222 Å². The van der Waals surface area contributed by atoms with Crippen molar-refractivity contribution in [2.24, 2.45) is 0 Å². The van der Waals surface area contributed by atoms with E-state index in [2.05, 4.69) is 206 Å². The highest BCUT2D eigenvalue weighted by Gasteiger charge is 2.51. The minimum absolute atomic E-state index is 0.392. The highest BCUT2D eigenvalue weighted by molar-refractivity contribution is 5.98. The predicted octanol–water partition coefficient (Wildman–Crippen LogP) is 13.8. The first-order chi connectivity index (χ1) is 26.2. The highest BCUT2D eigenvalue weighted by atomic mass is 15.1. The third-order valence-corrected chi connectivity index (χ3v) is 11.7. The van der Waals surface area contributed by atoms with Gasteiger partial charge < -0.3 is 4.90 Å². The maximum Gasteiger partial charge on any atom is 0.0726 e. The number of fused-ring (bicyclic) bond motifs is 12. The van der Waals surface area contributed by atoms with E-state index >= 15 is 0 Å². The van der Waals surface area contributed by atoms with E-state index in [0.29, 0.717) is 0 Å². The molecule has 0 unspecified atom stereocenters. The van der Waals surface area contributed by atoms with Crippen LogP contribution in [0.3, 0.4) is 0 Å². The Morgan fingerprint density at radius 2 is 0.755 bits per heavy atom. The maximum absolute atomic E-state index is 2.47. The van der Waals surface area contributed by atoms with Gasteiger partial charge in [0.1, 0.15) is 0 Å². The summed E-state index contributed by atoms with van der Waals surface area (Å²) in [5.41, 5.74) is 17.4. The number of rotatable bonds is 4. The van der Waals surface area contributed by atoms with Gasteiger partial charge in [-0.3, -0.25) is 0 Å². The molecule has 1 heteroatoms. The smallest absolute Gasteiger partial charge is 0.0726 e.